The lowest BCUT2D eigenvalue weighted by Crippen LogP contribution is -2.57. The molecule has 108 valence electrons. The maximum absolute atomic E-state index is 13.9. The lowest BCUT2D eigenvalue weighted by Gasteiger charge is -2.37. The van der Waals surface area contributed by atoms with Crippen molar-refractivity contribution in [1.82, 2.24) is 5.32 Å². The van der Waals surface area contributed by atoms with Gasteiger partial charge >= 0.3 is 0 Å². The molecule has 3 nitrogen and oxygen atoms in total. The Bertz CT molecular complexity index is 539. The number of benzene rings is 1. The van der Waals surface area contributed by atoms with Crippen LogP contribution in [0.25, 0.3) is 0 Å². The third-order valence-electron chi connectivity index (χ3n) is 3.90. The fourth-order valence-electron chi connectivity index (χ4n) is 2.68. The predicted octanol–water partition coefficient (Wildman–Crippen LogP) is 2.85. The van der Waals surface area contributed by atoms with Crippen molar-refractivity contribution in [3.8, 4) is 0 Å². The zero-order valence-electron chi connectivity index (χ0n) is 11.5. The van der Waals surface area contributed by atoms with Crippen LogP contribution < -0.4 is 11.1 Å². The number of nitrogens with two attached hydrogens (primary N) is 1. The van der Waals surface area contributed by atoms with E-state index in [0.29, 0.717) is 0 Å². The highest BCUT2D eigenvalue weighted by molar-refractivity contribution is 7.80. The molecule has 5 heteroatoms. The molecule has 0 aromatic heterocycles. The fraction of sp³-hybridized carbons (Fsp3) is 0.467. The van der Waals surface area contributed by atoms with Gasteiger partial charge in [0.1, 0.15) is 5.82 Å². The largest absolute Gasteiger partial charge is 0.391 e. The fourth-order valence-corrected chi connectivity index (χ4v) is 2.93. The molecule has 0 atom stereocenters. The van der Waals surface area contributed by atoms with Gasteiger partial charge in [0.25, 0.3) is 5.91 Å². The lowest BCUT2D eigenvalue weighted by atomic mass is 9.81. The molecule has 0 saturated heterocycles. The monoisotopic (exact) mass is 294 g/mol. The van der Waals surface area contributed by atoms with Gasteiger partial charge in [-0.05, 0) is 37.5 Å². The van der Waals surface area contributed by atoms with E-state index in [0.717, 1.165) is 37.7 Å². The number of carbonyl (C=O) groups excluding carboxylic acids is 1. The van der Waals surface area contributed by atoms with Crippen LogP contribution in [0.5, 0.6) is 0 Å². The first-order valence-electron chi connectivity index (χ1n) is 6.83. The highest BCUT2D eigenvalue weighted by atomic mass is 32.1. The van der Waals surface area contributed by atoms with E-state index in [1.807, 2.05) is 0 Å². The van der Waals surface area contributed by atoms with Crippen LogP contribution in [0.3, 0.4) is 0 Å². The van der Waals surface area contributed by atoms with Gasteiger partial charge in [-0.3, -0.25) is 4.79 Å². The summed E-state index contributed by atoms with van der Waals surface area (Å²) in [6, 6.07) is 4.56. The van der Waals surface area contributed by atoms with Crippen molar-refractivity contribution in [2.24, 2.45) is 5.73 Å². The minimum Gasteiger partial charge on any atom is -0.391 e. The number of rotatable bonds is 3. The minimum absolute atomic E-state index is 0.0387. The number of nitrogens with one attached hydrogen (secondary N) is 1. The molecule has 0 bridgehead atoms. The summed E-state index contributed by atoms with van der Waals surface area (Å²) in [5.41, 5.74) is 5.97. The third-order valence-corrected chi connectivity index (χ3v) is 4.29. The average molecular weight is 294 g/mol. The number of hydrogen-bond donors (Lipinski definition) is 2. The summed E-state index contributed by atoms with van der Waals surface area (Å²) in [6.07, 6.45) is 4.49. The number of hydrogen-bond acceptors (Lipinski definition) is 2. The summed E-state index contributed by atoms with van der Waals surface area (Å²) in [7, 11) is 0. The van der Waals surface area contributed by atoms with Crippen molar-refractivity contribution in [2.75, 3.05) is 0 Å². The number of halogens is 1. The Morgan fingerprint density at radius 1 is 1.35 bits per heavy atom. The second kappa shape index (κ2) is 5.87. The van der Waals surface area contributed by atoms with Crippen LogP contribution in [-0.2, 0) is 0 Å². The summed E-state index contributed by atoms with van der Waals surface area (Å²) >= 11 is 5.12. The molecule has 1 aromatic rings. The quantitative estimate of drug-likeness (QED) is 0.843. The minimum atomic E-state index is -0.665. The van der Waals surface area contributed by atoms with E-state index in [2.05, 4.69) is 5.32 Å². The van der Waals surface area contributed by atoms with Gasteiger partial charge in [0.15, 0.2) is 0 Å². The molecular formula is C15H19FN2OS. The smallest absolute Gasteiger partial charge is 0.255 e. The molecular weight excluding hydrogens is 275 g/mol. The van der Waals surface area contributed by atoms with Crippen LogP contribution in [0.1, 0.15) is 48.0 Å². The van der Waals surface area contributed by atoms with Crippen molar-refractivity contribution in [2.45, 2.75) is 44.6 Å². The maximum Gasteiger partial charge on any atom is 0.255 e. The van der Waals surface area contributed by atoms with Gasteiger partial charge in [0, 0.05) is 0 Å². The molecule has 1 saturated carbocycles. The van der Waals surface area contributed by atoms with Crippen molar-refractivity contribution in [1.29, 1.82) is 0 Å². The van der Waals surface area contributed by atoms with Gasteiger partial charge in [0.05, 0.1) is 16.1 Å². The normalized spacial score (nSPS) is 17.5. The second-order valence-electron chi connectivity index (χ2n) is 5.44. The Morgan fingerprint density at radius 2 is 2.00 bits per heavy atom. The summed E-state index contributed by atoms with van der Waals surface area (Å²) in [5.74, 6) is -0.964. The number of amides is 1. The van der Waals surface area contributed by atoms with Gasteiger partial charge in [-0.25, -0.2) is 4.39 Å². The zero-order chi connectivity index (χ0) is 14.8. The van der Waals surface area contributed by atoms with E-state index in [9.17, 15) is 9.18 Å². The van der Waals surface area contributed by atoms with Gasteiger partial charge in [-0.15, -0.1) is 0 Å². The van der Waals surface area contributed by atoms with Crippen LogP contribution in [-0.4, -0.2) is 16.4 Å². The summed E-state index contributed by atoms with van der Waals surface area (Å²) < 4.78 is 13.9. The molecule has 3 N–H and O–H groups in total. The third kappa shape index (κ3) is 2.98. The van der Waals surface area contributed by atoms with Crippen LogP contribution in [0.4, 0.5) is 4.39 Å². The molecule has 1 aliphatic carbocycles. The first kappa shape index (κ1) is 14.9. The Balaban J connectivity index is 2.22. The number of thiocarbonyl (C=S) groups is 1. The molecule has 1 aromatic carbocycles. The topological polar surface area (TPSA) is 55.1 Å². The molecule has 0 aliphatic heterocycles. The van der Waals surface area contributed by atoms with E-state index < -0.39 is 17.3 Å². The van der Waals surface area contributed by atoms with Crippen LogP contribution >= 0.6 is 12.2 Å². The molecule has 0 heterocycles. The highest BCUT2D eigenvalue weighted by Crippen LogP contribution is 2.29. The van der Waals surface area contributed by atoms with Gasteiger partial charge in [-0.2, -0.15) is 0 Å². The predicted molar refractivity (Wildman–Crippen MR) is 81.2 cm³/mol. The highest BCUT2D eigenvalue weighted by Gasteiger charge is 2.37. The lowest BCUT2D eigenvalue weighted by molar-refractivity contribution is 0.0904. The van der Waals surface area contributed by atoms with Crippen LogP contribution in [0.2, 0.25) is 0 Å². The standard InChI is InChI=1S/C15H19FN2OS/c1-10-5-6-11(12(16)9-10)13(19)18-15(14(17)20)7-3-2-4-8-15/h5-6,9H,2-4,7-8H2,1H3,(H2,17,20)(H,18,19). The molecule has 1 fully saturated rings. The Hall–Kier alpha value is -1.49. The summed E-state index contributed by atoms with van der Waals surface area (Å²) in [5, 5.41) is 2.86. The van der Waals surface area contributed by atoms with Gasteiger partial charge < -0.3 is 11.1 Å². The Morgan fingerprint density at radius 3 is 2.55 bits per heavy atom. The molecule has 0 spiro atoms. The molecule has 1 aliphatic rings. The zero-order valence-corrected chi connectivity index (χ0v) is 12.4. The molecule has 1 amide bonds. The van der Waals surface area contributed by atoms with E-state index in [1.54, 1.807) is 13.0 Å². The van der Waals surface area contributed by atoms with Gasteiger partial charge in [-0.1, -0.05) is 37.5 Å². The van der Waals surface area contributed by atoms with Gasteiger partial charge in [0.2, 0.25) is 0 Å². The Labute approximate surface area is 123 Å². The maximum atomic E-state index is 13.9. The number of aryl methyl sites for hydroxylation is 1. The first-order valence-corrected chi connectivity index (χ1v) is 7.24. The molecule has 0 unspecified atom stereocenters. The second-order valence-corrected chi connectivity index (χ2v) is 5.88. The van der Waals surface area contributed by atoms with Crippen molar-refractivity contribution >= 4 is 23.1 Å². The summed E-state index contributed by atoms with van der Waals surface area (Å²) in [6.45, 7) is 1.78. The van der Waals surface area contributed by atoms with E-state index in [-0.39, 0.29) is 10.6 Å². The SMILES string of the molecule is Cc1ccc(C(=O)NC2(C(N)=S)CCCCC2)c(F)c1. The first-order chi connectivity index (χ1) is 9.44. The van der Waals surface area contributed by atoms with E-state index >= 15 is 0 Å². The Kier molecular flexibility index (Phi) is 4.38. The number of carbonyl (C=O) groups is 1. The molecule has 20 heavy (non-hydrogen) atoms. The average Bonchev–Trinajstić information content (AvgIpc) is 2.39. The molecule has 2 rings (SSSR count). The van der Waals surface area contributed by atoms with Crippen molar-refractivity contribution in [3.63, 3.8) is 0 Å². The van der Waals surface area contributed by atoms with E-state index in [1.165, 1.54) is 12.1 Å². The summed E-state index contributed by atoms with van der Waals surface area (Å²) in [4.78, 5) is 12.6. The van der Waals surface area contributed by atoms with Crippen LogP contribution in [0.15, 0.2) is 18.2 Å². The van der Waals surface area contributed by atoms with Crippen molar-refractivity contribution < 1.29 is 9.18 Å². The van der Waals surface area contributed by atoms with Crippen molar-refractivity contribution in [3.05, 3.63) is 35.1 Å². The van der Waals surface area contributed by atoms with E-state index in [4.69, 9.17) is 18.0 Å². The van der Waals surface area contributed by atoms with Crippen LogP contribution in [0, 0.1) is 12.7 Å². The molecule has 0 radical (unpaired) electrons.